The number of primary sulfonamides is 1. The van der Waals surface area contributed by atoms with Gasteiger partial charge in [0, 0.05) is 13.1 Å². The van der Waals surface area contributed by atoms with Crippen LogP contribution in [-0.2, 0) is 27.8 Å². The highest BCUT2D eigenvalue weighted by atomic mass is 32.2. The third kappa shape index (κ3) is 2.01. The Labute approximate surface area is 116 Å². The third-order valence-corrected chi connectivity index (χ3v) is 5.78. The summed E-state index contributed by atoms with van der Waals surface area (Å²) in [6.07, 6.45) is 1.15. The van der Waals surface area contributed by atoms with Crippen molar-refractivity contribution < 1.29 is 17.6 Å². The van der Waals surface area contributed by atoms with Crippen LogP contribution >= 0.6 is 0 Å². The Hall–Kier alpha value is -1.47. The van der Waals surface area contributed by atoms with Crippen LogP contribution < -0.4 is 5.14 Å². The molecule has 1 saturated carbocycles. The Kier molecular flexibility index (Phi) is 2.88. The van der Waals surface area contributed by atoms with E-state index in [9.17, 15) is 17.6 Å². The molecule has 20 heavy (non-hydrogen) atoms. The van der Waals surface area contributed by atoms with Gasteiger partial charge in [0.25, 0.3) is 0 Å². The fourth-order valence-electron chi connectivity index (χ4n) is 2.72. The Morgan fingerprint density at radius 1 is 1.30 bits per heavy atom. The molecule has 3 rings (SSSR count). The number of hydrogen-bond acceptors (Lipinski definition) is 3. The van der Waals surface area contributed by atoms with Crippen molar-refractivity contribution in [3.63, 3.8) is 0 Å². The maximum atomic E-state index is 13.2. The van der Waals surface area contributed by atoms with Gasteiger partial charge < -0.3 is 4.90 Å². The molecule has 1 aromatic rings. The zero-order valence-electron chi connectivity index (χ0n) is 10.8. The first-order valence-electron chi connectivity index (χ1n) is 6.42. The smallest absolute Gasteiger partial charge is 0.245 e. The Morgan fingerprint density at radius 2 is 2.00 bits per heavy atom. The number of sulfonamides is 1. The molecule has 0 atom stereocenters. The molecule has 1 aliphatic carbocycles. The molecule has 5 nitrogen and oxygen atoms in total. The molecule has 2 N–H and O–H groups in total. The van der Waals surface area contributed by atoms with Crippen molar-refractivity contribution in [1.29, 1.82) is 0 Å². The van der Waals surface area contributed by atoms with Gasteiger partial charge in [0.15, 0.2) is 4.75 Å². The van der Waals surface area contributed by atoms with Gasteiger partial charge in [-0.15, -0.1) is 0 Å². The minimum absolute atomic E-state index is 0.239. The SMILES string of the molecule is NS(=O)(=O)C1(C(=O)N2CCc3ccc(F)cc3C2)CC1. The third-order valence-electron chi connectivity index (χ3n) is 4.11. The van der Waals surface area contributed by atoms with Crippen LogP contribution in [0.2, 0.25) is 0 Å². The summed E-state index contributed by atoms with van der Waals surface area (Å²) in [5.74, 6) is -0.805. The zero-order chi connectivity index (χ0) is 14.5. The lowest BCUT2D eigenvalue weighted by Gasteiger charge is -2.31. The van der Waals surface area contributed by atoms with Gasteiger partial charge in [-0.2, -0.15) is 0 Å². The largest absolute Gasteiger partial charge is 0.337 e. The predicted molar refractivity (Wildman–Crippen MR) is 70.6 cm³/mol. The Morgan fingerprint density at radius 3 is 2.60 bits per heavy atom. The van der Waals surface area contributed by atoms with Gasteiger partial charge in [0.05, 0.1) is 0 Å². The van der Waals surface area contributed by atoms with Crippen molar-refractivity contribution in [1.82, 2.24) is 4.90 Å². The summed E-state index contributed by atoms with van der Waals surface area (Å²) in [5.41, 5.74) is 1.73. The number of fused-ring (bicyclic) bond motifs is 1. The van der Waals surface area contributed by atoms with E-state index >= 15 is 0 Å². The van der Waals surface area contributed by atoms with Crippen LogP contribution in [0.5, 0.6) is 0 Å². The normalized spacial score (nSPS) is 20.4. The number of hydrogen-bond donors (Lipinski definition) is 1. The van der Waals surface area contributed by atoms with Gasteiger partial charge in [-0.05, 0) is 42.5 Å². The first kappa shape index (κ1) is 13.5. The second-order valence-electron chi connectivity index (χ2n) is 5.43. The average molecular weight is 298 g/mol. The lowest BCUT2D eigenvalue weighted by molar-refractivity contribution is -0.132. The van der Waals surface area contributed by atoms with E-state index in [0.29, 0.717) is 13.0 Å². The average Bonchev–Trinajstić information content (AvgIpc) is 3.17. The number of rotatable bonds is 2. The molecule has 108 valence electrons. The van der Waals surface area contributed by atoms with Crippen molar-refractivity contribution in [2.45, 2.75) is 30.6 Å². The summed E-state index contributed by atoms with van der Waals surface area (Å²) in [4.78, 5) is 13.9. The Balaban J connectivity index is 1.86. The molecule has 0 spiro atoms. The number of carbonyl (C=O) groups excluding carboxylic acids is 1. The fraction of sp³-hybridized carbons (Fsp3) is 0.462. The van der Waals surface area contributed by atoms with Gasteiger partial charge in [0.2, 0.25) is 15.9 Å². The lowest BCUT2D eigenvalue weighted by atomic mass is 9.99. The number of benzene rings is 1. The Bertz CT molecular complexity index is 683. The number of halogens is 1. The highest BCUT2D eigenvalue weighted by Crippen LogP contribution is 2.44. The molecule has 0 aromatic heterocycles. The van der Waals surface area contributed by atoms with Gasteiger partial charge in [-0.3, -0.25) is 4.79 Å². The summed E-state index contributed by atoms with van der Waals surface area (Å²) < 4.78 is 34.9. The van der Waals surface area contributed by atoms with Crippen molar-refractivity contribution >= 4 is 15.9 Å². The maximum Gasteiger partial charge on any atom is 0.245 e. The van der Waals surface area contributed by atoms with Crippen LogP contribution in [0.4, 0.5) is 4.39 Å². The molecule has 2 aliphatic rings. The monoisotopic (exact) mass is 298 g/mol. The van der Waals surface area contributed by atoms with Crippen LogP contribution in [0.1, 0.15) is 24.0 Å². The summed E-state index contributed by atoms with van der Waals surface area (Å²) in [6, 6.07) is 4.49. The number of nitrogens with two attached hydrogens (primary N) is 1. The molecule has 7 heteroatoms. The standard InChI is InChI=1S/C13H15FN2O3S/c14-11-2-1-9-3-6-16(8-10(9)7-11)12(17)13(4-5-13)20(15,18)19/h1-2,7H,3-6,8H2,(H2,15,18,19). The quantitative estimate of drug-likeness (QED) is 0.865. The van der Waals surface area contributed by atoms with Crippen molar-refractivity contribution in [3.8, 4) is 0 Å². The van der Waals surface area contributed by atoms with Crippen LogP contribution in [-0.4, -0.2) is 30.5 Å². The minimum Gasteiger partial charge on any atom is -0.337 e. The predicted octanol–water partition coefficient (Wildman–Crippen LogP) is 0.532. The van der Waals surface area contributed by atoms with Crippen LogP contribution in [0, 0.1) is 5.82 Å². The van der Waals surface area contributed by atoms with E-state index < -0.39 is 20.7 Å². The summed E-state index contributed by atoms with van der Waals surface area (Å²) in [5, 5.41) is 5.17. The highest BCUT2D eigenvalue weighted by Gasteiger charge is 2.61. The molecular formula is C13H15FN2O3S. The molecule has 0 unspecified atom stereocenters. The molecular weight excluding hydrogens is 283 g/mol. The molecule has 0 radical (unpaired) electrons. The number of carbonyl (C=O) groups is 1. The topological polar surface area (TPSA) is 80.5 Å². The number of nitrogens with zero attached hydrogens (tertiary/aromatic N) is 1. The molecule has 0 saturated heterocycles. The van der Waals surface area contributed by atoms with Gasteiger partial charge in [0.1, 0.15) is 5.82 Å². The van der Waals surface area contributed by atoms with E-state index in [4.69, 9.17) is 5.14 Å². The maximum absolute atomic E-state index is 13.2. The molecule has 1 amide bonds. The second kappa shape index (κ2) is 4.26. The lowest BCUT2D eigenvalue weighted by Crippen LogP contribution is -2.48. The van der Waals surface area contributed by atoms with Crippen molar-refractivity contribution in [2.24, 2.45) is 5.14 Å². The van der Waals surface area contributed by atoms with E-state index in [2.05, 4.69) is 0 Å². The van der Waals surface area contributed by atoms with E-state index in [-0.39, 0.29) is 25.2 Å². The van der Waals surface area contributed by atoms with E-state index in [1.165, 1.54) is 17.0 Å². The summed E-state index contributed by atoms with van der Waals surface area (Å²) in [7, 11) is -3.89. The number of amides is 1. The van der Waals surface area contributed by atoms with Crippen LogP contribution in [0.25, 0.3) is 0 Å². The van der Waals surface area contributed by atoms with E-state index in [1.54, 1.807) is 6.07 Å². The molecule has 0 bridgehead atoms. The van der Waals surface area contributed by atoms with Crippen LogP contribution in [0.15, 0.2) is 18.2 Å². The molecule has 1 aromatic carbocycles. The van der Waals surface area contributed by atoms with Crippen molar-refractivity contribution in [2.75, 3.05) is 6.54 Å². The van der Waals surface area contributed by atoms with E-state index in [0.717, 1.165) is 11.1 Å². The molecule has 1 fully saturated rings. The molecule has 1 aliphatic heterocycles. The first-order chi connectivity index (χ1) is 9.33. The zero-order valence-corrected chi connectivity index (χ0v) is 11.6. The van der Waals surface area contributed by atoms with Crippen molar-refractivity contribution in [3.05, 3.63) is 35.1 Å². The van der Waals surface area contributed by atoms with Crippen LogP contribution in [0.3, 0.4) is 0 Å². The molecule has 1 heterocycles. The minimum atomic E-state index is -3.89. The fourth-order valence-corrected chi connectivity index (χ4v) is 3.76. The van der Waals surface area contributed by atoms with Gasteiger partial charge in [-0.1, -0.05) is 6.07 Å². The van der Waals surface area contributed by atoms with Gasteiger partial charge >= 0.3 is 0 Å². The highest BCUT2D eigenvalue weighted by molar-refractivity contribution is 7.91. The van der Waals surface area contributed by atoms with Gasteiger partial charge in [-0.25, -0.2) is 17.9 Å². The van der Waals surface area contributed by atoms with E-state index in [1.807, 2.05) is 0 Å². The summed E-state index contributed by atoms with van der Waals surface area (Å²) in [6.45, 7) is 0.679. The second-order valence-corrected chi connectivity index (χ2v) is 7.30. The summed E-state index contributed by atoms with van der Waals surface area (Å²) >= 11 is 0. The first-order valence-corrected chi connectivity index (χ1v) is 7.97.